The van der Waals surface area contributed by atoms with Gasteiger partial charge in [-0.25, -0.2) is 9.37 Å². The van der Waals surface area contributed by atoms with Crippen molar-refractivity contribution in [2.45, 2.75) is 33.4 Å². The van der Waals surface area contributed by atoms with Gasteiger partial charge in [-0.2, -0.15) is 0 Å². The number of nitrogens with zero attached hydrogens (tertiary/aromatic N) is 1. The van der Waals surface area contributed by atoms with E-state index in [1.165, 1.54) is 0 Å². The molecule has 1 aromatic heterocycles. The number of thiazole rings is 1. The minimum atomic E-state index is -0.178. The van der Waals surface area contributed by atoms with Crippen molar-refractivity contribution in [3.8, 4) is 11.3 Å². The van der Waals surface area contributed by atoms with Gasteiger partial charge in [-0.15, -0.1) is 11.3 Å². The summed E-state index contributed by atoms with van der Waals surface area (Å²) >= 11 is 1.60. The number of aromatic nitrogens is 1. The predicted molar refractivity (Wildman–Crippen MR) is 74.2 cm³/mol. The molecule has 4 heteroatoms. The molecule has 0 saturated heterocycles. The number of nitrogens with one attached hydrogen (secondary N) is 1. The lowest BCUT2D eigenvalue weighted by atomic mass is 10.1. The van der Waals surface area contributed by atoms with Crippen molar-refractivity contribution in [1.82, 2.24) is 10.3 Å². The van der Waals surface area contributed by atoms with Crippen LogP contribution in [0.5, 0.6) is 0 Å². The van der Waals surface area contributed by atoms with Crippen LogP contribution >= 0.6 is 11.3 Å². The van der Waals surface area contributed by atoms with Crippen molar-refractivity contribution in [3.63, 3.8) is 0 Å². The lowest BCUT2D eigenvalue weighted by Gasteiger charge is -2.04. The molecule has 2 nitrogen and oxygen atoms in total. The average Bonchev–Trinajstić information content (AvgIpc) is 2.79. The second-order valence-electron chi connectivity index (χ2n) is 4.63. The molecule has 0 spiro atoms. The summed E-state index contributed by atoms with van der Waals surface area (Å²) in [6.45, 7) is 6.72. The number of hydrogen-bond donors (Lipinski definition) is 1. The second-order valence-corrected chi connectivity index (χ2v) is 5.57. The Morgan fingerprint density at radius 1 is 1.39 bits per heavy atom. The molecule has 0 unspecified atom stereocenters. The van der Waals surface area contributed by atoms with Crippen LogP contribution in [-0.2, 0) is 6.54 Å². The molecular weight excluding hydrogens is 247 g/mol. The van der Waals surface area contributed by atoms with Crippen molar-refractivity contribution in [1.29, 1.82) is 0 Å². The van der Waals surface area contributed by atoms with Gasteiger partial charge in [0.05, 0.1) is 5.69 Å². The van der Waals surface area contributed by atoms with Gasteiger partial charge in [0.2, 0.25) is 0 Å². The van der Waals surface area contributed by atoms with E-state index in [0.717, 1.165) is 22.8 Å². The third kappa shape index (κ3) is 3.15. The molecule has 0 fully saturated rings. The van der Waals surface area contributed by atoms with E-state index in [0.29, 0.717) is 11.6 Å². The van der Waals surface area contributed by atoms with Gasteiger partial charge in [0.25, 0.3) is 0 Å². The maximum atomic E-state index is 13.5. The highest BCUT2D eigenvalue weighted by Crippen LogP contribution is 2.23. The molecule has 0 saturated carbocycles. The van der Waals surface area contributed by atoms with Gasteiger partial charge in [0, 0.05) is 23.5 Å². The quantitative estimate of drug-likeness (QED) is 0.909. The van der Waals surface area contributed by atoms with Gasteiger partial charge >= 0.3 is 0 Å². The van der Waals surface area contributed by atoms with Crippen LogP contribution < -0.4 is 5.32 Å². The molecule has 0 radical (unpaired) electrons. The molecule has 96 valence electrons. The van der Waals surface area contributed by atoms with E-state index in [-0.39, 0.29) is 5.82 Å². The molecule has 1 heterocycles. The summed E-state index contributed by atoms with van der Waals surface area (Å²) in [6.07, 6.45) is 0. The SMILES string of the molecule is Cc1ccc(-c2csc(CNC(C)C)n2)cc1F. The number of rotatable bonds is 4. The number of hydrogen-bond acceptors (Lipinski definition) is 3. The minimum absolute atomic E-state index is 0.178. The monoisotopic (exact) mass is 264 g/mol. The van der Waals surface area contributed by atoms with Crippen LogP contribution in [-0.4, -0.2) is 11.0 Å². The first kappa shape index (κ1) is 13.2. The van der Waals surface area contributed by atoms with Crippen molar-refractivity contribution < 1.29 is 4.39 Å². The van der Waals surface area contributed by atoms with Gasteiger partial charge in [-0.1, -0.05) is 26.0 Å². The molecular formula is C14H17FN2S. The van der Waals surface area contributed by atoms with Crippen molar-refractivity contribution in [3.05, 3.63) is 40.0 Å². The Balaban J connectivity index is 2.16. The summed E-state index contributed by atoms with van der Waals surface area (Å²) < 4.78 is 13.5. The van der Waals surface area contributed by atoms with Crippen LogP contribution in [0.1, 0.15) is 24.4 Å². The average molecular weight is 264 g/mol. The summed E-state index contributed by atoms with van der Waals surface area (Å²) in [6, 6.07) is 5.68. The summed E-state index contributed by atoms with van der Waals surface area (Å²) in [4.78, 5) is 4.51. The zero-order chi connectivity index (χ0) is 13.1. The van der Waals surface area contributed by atoms with Gasteiger partial charge < -0.3 is 5.32 Å². The molecule has 0 aliphatic rings. The molecule has 0 aliphatic carbocycles. The van der Waals surface area contributed by atoms with E-state index in [4.69, 9.17) is 0 Å². The highest BCUT2D eigenvalue weighted by atomic mass is 32.1. The Morgan fingerprint density at radius 3 is 2.83 bits per heavy atom. The van der Waals surface area contributed by atoms with Crippen LogP contribution in [0, 0.1) is 12.7 Å². The zero-order valence-electron chi connectivity index (χ0n) is 10.8. The molecule has 0 aliphatic heterocycles. The maximum absolute atomic E-state index is 13.5. The third-order valence-corrected chi connectivity index (χ3v) is 3.53. The highest BCUT2D eigenvalue weighted by Gasteiger charge is 2.07. The smallest absolute Gasteiger partial charge is 0.126 e. The zero-order valence-corrected chi connectivity index (χ0v) is 11.6. The molecule has 0 bridgehead atoms. The van der Waals surface area contributed by atoms with Gasteiger partial charge in [0.15, 0.2) is 0 Å². The van der Waals surface area contributed by atoms with Crippen LogP contribution in [0.2, 0.25) is 0 Å². The van der Waals surface area contributed by atoms with E-state index in [2.05, 4.69) is 24.1 Å². The van der Waals surface area contributed by atoms with E-state index in [9.17, 15) is 4.39 Å². The molecule has 18 heavy (non-hydrogen) atoms. The number of aryl methyl sites for hydroxylation is 1. The van der Waals surface area contributed by atoms with Gasteiger partial charge in [-0.3, -0.25) is 0 Å². The third-order valence-electron chi connectivity index (χ3n) is 2.68. The molecule has 2 aromatic rings. The van der Waals surface area contributed by atoms with Gasteiger partial charge in [0.1, 0.15) is 10.8 Å². The Kier molecular flexibility index (Phi) is 4.09. The number of halogens is 1. The normalized spacial score (nSPS) is 11.2. The van der Waals surface area contributed by atoms with Gasteiger partial charge in [-0.05, 0) is 18.6 Å². The van der Waals surface area contributed by atoms with E-state index in [1.807, 2.05) is 11.4 Å². The lowest BCUT2D eigenvalue weighted by molar-refractivity contribution is 0.587. The van der Waals surface area contributed by atoms with Crippen LogP contribution in [0.25, 0.3) is 11.3 Å². The summed E-state index contributed by atoms with van der Waals surface area (Å²) in [5, 5.41) is 6.32. The maximum Gasteiger partial charge on any atom is 0.126 e. The number of benzene rings is 1. The van der Waals surface area contributed by atoms with Crippen molar-refractivity contribution in [2.75, 3.05) is 0 Å². The van der Waals surface area contributed by atoms with Crippen LogP contribution in [0.3, 0.4) is 0 Å². The molecule has 0 atom stereocenters. The molecule has 0 amide bonds. The summed E-state index contributed by atoms with van der Waals surface area (Å²) in [5.74, 6) is -0.178. The van der Waals surface area contributed by atoms with E-state index >= 15 is 0 Å². The Morgan fingerprint density at radius 2 is 2.17 bits per heavy atom. The summed E-state index contributed by atoms with van der Waals surface area (Å²) in [5.41, 5.74) is 2.35. The Bertz CT molecular complexity index is 534. The minimum Gasteiger partial charge on any atom is -0.308 e. The Hall–Kier alpha value is -1.26. The van der Waals surface area contributed by atoms with E-state index < -0.39 is 0 Å². The molecule has 2 rings (SSSR count). The van der Waals surface area contributed by atoms with Crippen LogP contribution in [0.15, 0.2) is 23.6 Å². The first-order valence-electron chi connectivity index (χ1n) is 6.00. The Labute approximate surface area is 111 Å². The predicted octanol–water partition coefficient (Wildman–Crippen LogP) is 3.76. The standard InChI is InChI=1S/C14H17FN2S/c1-9(2)16-7-14-17-13(8-18-14)11-5-4-10(3)12(15)6-11/h4-6,8-9,16H,7H2,1-3H3. The fraction of sp³-hybridized carbons (Fsp3) is 0.357. The largest absolute Gasteiger partial charge is 0.308 e. The topological polar surface area (TPSA) is 24.9 Å². The van der Waals surface area contributed by atoms with Crippen LogP contribution in [0.4, 0.5) is 4.39 Å². The first-order valence-corrected chi connectivity index (χ1v) is 6.88. The highest BCUT2D eigenvalue weighted by molar-refractivity contribution is 7.09. The van der Waals surface area contributed by atoms with Crippen molar-refractivity contribution >= 4 is 11.3 Å². The fourth-order valence-electron chi connectivity index (χ4n) is 1.57. The van der Waals surface area contributed by atoms with Crippen molar-refractivity contribution in [2.24, 2.45) is 0 Å². The summed E-state index contributed by atoms with van der Waals surface area (Å²) in [7, 11) is 0. The first-order chi connectivity index (χ1) is 8.56. The van der Waals surface area contributed by atoms with E-state index in [1.54, 1.807) is 30.4 Å². The lowest BCUT2D eigenvalue weighted by Crippen LogP contribution is -2.21. The molecule has 1 N–H and O–H groups in total. The second kappa shape index (κ2) is 5.59. The fourth-order valence-corrected chi connectivity index (χ4v) is 2.32. The molecule has 1 aromatic carbocycles.